The second kappa shape index (κ2) is 5.11. The molecule has 0 atom stereocenters. The van der Waals surface area contributed by atoms with Crippen molar-refractivity contribution in [3.05, 3.63) is 35.4 Å². The Morgan fingerprint density at radius 2 is 1.70 bits per heavy atom. The molecular weight excluding hydrogens is 254 g/mol. The normalized spacial score (nSPS) is 32.6. The number of hydrogen-bond acceptors (Lipinski definition) is 4. The van der Waals surface area contributed by atoms with Gasteiger partial charge < -0.3 is 19.9 Å². The van der Waals surface area contributed by atoms with Crippen LogP contribution in [0.3, 0.4) is 0 Å². The molecule has 2 saturated heterocycles. The van der Waals surface area contributed by atoms with Gasteiger partial charge in [0.1, 0.15) is 0 Å². The third-order valence-electron chi connectivity index (χ3n) is 4.47. The molecule has 2 aliphatic rings. The van der Waals surface area contributed by atoms with E-state index in [-0.39, 0.29) is 6.29 Å². The van der Waals surface area contributed by atoms with Gasteiger partial charge in [-0.1, -0.05) is 31.2 Å². The van der Waals surface area contributed by atoms with E-state index < -0.39 is 11.4 Å². The number of rotatable bonds is 3. The zero-order valence-electron chi connectivity index (χ0n) is 12.2. The minimum Gasteiger partial charge on any atom is -0.385 e. The van der Waals surface area contributed by atoms with Gasteiger partial charge in [-0.3, -0.25) is 0 Å². The van der Waals surface area contributed by atoms with Crippen molar-refractivity contribution in [2.45, 2.75) is 50.8 Å². The summed E-state index contributed by atoms with van der Waals surface area (Å²) < 4.78 is 11.6. The quantitative estimate of drug-likeness (QED) is 0.889. The van der Waals surface area contributed by atoms with Gasteiger partial charge in [-0.25, -0.2) is 0 Å². The fourth-order valence-electron chi connectivity index (χ4n) is 3.22. The van der Waals surface area contributed by atoms with Crippen LogP contribution in [-0.2, 0) is 20.9 Å². The van der Waals surface area contributed by atoms with E-state index in [1.54, 1.807) is 0 Å². The summed E-state index contributed by atoms with van der Waals surface area (Å²) in [5.74, 6) is -0.589. The second-order valence-electron chi connectivity index (χ2n) is 5.77. The van der Waals surface area contributed by atoms with Crippen LogP contribution in [0.4, 0.5) is 0 Å². The zero-order valence-corrected chi connectivity index (χ0v) is 12.2. The highest BCUT2D eigenvalue weighted by Crippen LogP contribution is 2.42. The first-order chi connectivity index (χ1) is 9.58. The number of aliphatic hydroxyl groups is 1. The lowest BCUT2D eigenvalue weighted by atomic mass is 9.84. The van der Waals surface area contributed by atoms with Gasteiger partial charge in [-0.2, -0.15) is 0 Å². The molecule has 0 aliphatic carbocycles. The molecule has 20 heavy (non-hydrogen) atoms. The van der Waals surface area contributed by atoms with Gasteiger partial charge in [0, 0.05) is 12.0 Å². The third kappa shape index (κ3) is 2.27. The smallest absolute Gasteiger partial charge is 0.200 e. The van der Waals surface area contributed by atoms with E-state index in [0.717, 1.165) is 43.5 Å². The maximum absolute atomic E-state index is 10.7. The zero-order chi connectivity index (χ0) is 14.2. The highest BCUT2D eigenvalue weighted by Gasteiger charge is 2.45. The van der Waals surface area contributed by atoms with Crippen LogP contribution in [0, 0.1) is 0 Å². The second-order valence-corrected chi connectivity index (χ2v) is 5.77. The summed E-state index contributed by atoms with van der Waals surface area (Å²) in [5, 5.41) is 14.0. The first-order valence-electron chi connectivity index (χ1n) is 7.48. The molecular formula is C16H23NO3. The van der Waals surface area contributed by atoms with Crippen LogP contribution < -0.4 is 5.32 Å². The van der Waals surface area contributed by atoms with Gasteiger partial charge in [-0.05, 0) is 38.4 Å². The van der Waals surface area contributed by atoms with Crippen molar-refractivity contribution in [3.8, 4) is 0 Å². The summed E-state index contributed by atoms with van der Waals surface area (Å²) in [6, 6.07) is 8.05. The minimum absolute atomic E-state index is 0.136. The highest BCUT2D eigenvalue weighted by atomic mass is 16.9. The van der Waals surface area contributed by atoms with Crippen molar-refractivity contribution in [2.24, 2.45) is 0 Å². The molecule has 2 fully saturated rings. The van der Waals surface area contributed by atoms with E-state index >= 15 is 0 Å². The molecule has 2 N–H and O–H groups in total. The molecule has 0 spiro atoms. The van der Waals surface area contributed by atoms with E-state index in [0.29, 0.717) is 0 Å². The van der Waals surface area contributed by atoms with Gasteiger partial charge in [0.2, 0.25) is 0 Å². The lowest BCUT2D eigenvalue weighted by molar-refractivity contribution is -0.457. The first kappa shape index (κ1) is 14.0. The Hall–Kier alpha value is -0.940. The van der Waals surface area contributed by atoms with Crippen molar-refractivity contribution in [1.82, 2.24) is 5.32 Å². The molecule has 0 amide bonds. The Morgan fingerprint density at radius 3 is 2.20 bits per heavy atom. The predicted octanol–water partition coefficient (Wildman–Crippen LogP) is 2.21. The van der Waals surface area contributed by atoms with Gasteiger partial charge in [0.25, 0.3) is 0 Å². The summed E-state index contributed by atoms with van der Waals surface area (Å²) in [4.78, 5) is 0. The topological polar surface area (TPSA) is 50.7 Å². The summed E-state index contributed by atoms with van der Waals surface area (Å²) in [6.45, 7) is 5.68. The number of ether oxygens (including phenoxy) is 2. The average molecular weight is 277 g/mol. The van der Waals surface area contributed by atoms with Gasteiger partial charge in [-0.15, -0.1) is 0 Å². The molecule has 0 radical (unpaired) electrons. The third-order valence-corrected chi connectivity index (χ3v) is 4.47. The summed E-state index contributed by atoms with van der Waals surface area (Å²) >= 11 is 0. The molecule has 0 unspecified atom stereocenters. The molecule has 0 aromatic heterocycles. The Labute approximate surface area is 120 Å². The van der Waals surface area contributed by atoms with E-state index in [2.05, 4.69) is 12.2 Å². The number of hydrogen-bond donors (Lipinski definition) is 2. The highest BCUT2D eigenvalue weighted by molar-refractivity contribution is 5.30. The summed E-state index contributed by atoms with van der Waals surface area (Å²) in [7, 11) is 0. The fourth-order valence-corrected chi connectivity index (χ4v) is 3.22. The lowest BCUT2D eigenvalue weighted by Gasteiger charge is -2.46. The van der Waals surface area contributed by atoms with E-state index in [4.69, 9.17) is 9.47 Å². The molecule has 2 heterocycles. The van der Waals surface area contributed by atoms with Crippen LogP contribution >= 0.6 is 0 Å². The van der Waals surface area contributed by atoms with E-state index in [9.17, 15) is 5.11 Å². The number of piperidine rings is 1. The molecule has 0 saturated carbocycles. The van der Waals surface area contributed by atoms with Crippen molar-refractivity contribution in [1.29, 1.82) is 0 Å². The van der Waals surface area contributed by atoms with Crippen LogP contribution in [-0.4, -0.2) is 24.5 Å². The molecule has 110 valence electrons. The van der Waals surface area contributed by atoms with Crippen molar-refractivity contribution >= 4 is 0 Å². The van der Waals surface area contributed by atoms with Gasteiger partial charge >= 0.3 is 0 Å². The van der Waals surface area contributed by atoms with Crippen LogP contribution in [0.1, 0.15) is 44.2 Å². The number of nitrogens with one attached hydrogen (secondary N) is 1. The molecule has 0 bridgehead atoms. The monoisotopic (exact) mass is 277 g/mol. The minimum atomic E-state index is -0.697. The first-order valence-corrected chi connectivity index (χ1v) is 7.48. The van der Waals surface area contributed by atoms with Crippen molar-refractivity contribution in [3.63, 3.8) is 0 Å². The number of benzene rings is 1. The molecule has 3 rings (SSSR count). The maximum Gasteiger partial charge on any atom is 0.200 e. The molecule has 2 aliphatic heterocycles. The predicted molar refractivity (Wildman–Crippen MR) is 76.0 cm³/mol. The van der Waals surface area contributed by atoms with Crippen molar-refractivity contribution < 1.29 is 14.6 Å². The maximum atomic E-state index is 10.7. The van der Waals surface area contributed by atoms with Crippen molar-refractivity contribution in [2.75, 3.05) is 13.1 Å². The Morgan fingerprint density at radius 1 is 1.15 bits per heavy atom. The van der Waals surface area contributed by atoms with Crippen LogP contribution in [0.5, 0.6) is 0 Å². The SMILES string of the molecule is CCC1(c2ccc(C3(O)CCNCC3)cc2)OC(C)O1. The van der Waals surface area contributed by atoms with Gasteiger partial charge in [0.15, 0.2) is 12.1 Å². The Bertz CT molecular complexity index is 432. The van der Waals surface area contributed by atoms with Crippen LogP contribution in [0.15, 0.2) is 24.3 Å². The van der Waals surface area contributed by atoms with E-state index in [1.807, 2.05) is 31.2 Å². The average Bonchev–Trinajstić information content (AvgIpc) is 2.45. The van der Waals surface area contributed by atoms with Crippen LogP contribution in [0.2, 0.25) is 0 Å². The largest absolute Gasteiger partial charge is 0.385 e. The fraction of sp³-hybridized carbons (Fsp3) is 0.625. The Balaban J connectivity index is 1.81. The van der Waals surface area contributed by atoms with E-state index in [1.165, 1.54) is 0 Å². The molecule has 4 heteroatoms. The molecule has 4 nitrogen and oxygen atoms in total. The van der Waals surface area contributed by atoms with Gasteiger partial charge in [0.05, 0.1) is 5.60 Å². The summed E-state index contributed by atoms with van der Waals surface area (Å²) in [5.41, 5.74) is 1.32. The summed E-state index contributed by atoms with van der Waals surface area (Å²) in [6.07, 6.45) is 2.17. The Kier molecular flexibility index (Phi) is 3.58. The molecule has 1 aromatic rings. The molecule has 1 aromatic carbocycles. The standard InChI is InChI=1S/C16H23NO3/c1-3-16(19-12(2)20-16)14-6-4-13(5-7-14)15(18)8-10-17-11-9-15/h4-7,12,17-18H,3,8-11H2,1-2H3. The van der Waals surface area contributed by atoms with Crippen LogP contribution in [0.25, 0.3) is 0 Å². The lowest BCUT2D eigenvalue weighted by Crippen LogP contribution is -2.49.